The van der Waals surface area contributed by atoms with Crippen molar-refractivity contribution in [1.29, 1.82) is 0 Å². The van der Waals surface area contributed by atoms with Crippen LogP contribution in [0, 0.1) is 5.92 Å². The lowest BCUT2D eigenvalue weighted by Gasteiger charge is -2.38. The van der Waals surface area contributed by atoms with Gasteiger partial charge < -0.3 is 10.6 Å². The Bertz CT molecular complexity index is 519. The van der Waals surface area contributed by atoms with Crippen LogP contribution in [0.3, 0.4) is 0 Å². The molecule has 3 unspecified atom stereocenters. The molecular weight excluding hydrogens is 280 g/mol. The first-order valence-electron chi connectivity index (χ1n) is 7.91. The molecule has 3 atom stereocenters. The number of fused-ring (bicyclic) bond motifs is 1. The van der Waals surface area contributed by atoms with Crippen LogP contribution < -0.4 is 5.73 Å². The zero-order valence-corrected chi connectivity index (χ0v) is 13.4. The van der Waals surface area contributed by atoms with E-state index < -0.39 is 0 Å². The van der Waals surface area contributed by atoms with Gasteiger partial charge in [0.15, 0.2) is 0 Å². The van der Waals surface area contributed by atoms with E-state index in [1.807, 2.05) is 24.1 Å². The summed E-state index contributed by atoms with van der Waals surface area (Å²) in [7, 11) is 1.98. The van der Waals surface area contributed by atoms with E-state index in [9.17, 15) is 4.79 Å². The molecule has 0 bridgehead atoms. The van der Waals surface area contributed by atoms with Crippen LogP contribution in [0.5, 0.6) is 0 Å². The second-order valence-electron chi connectivity index (χ2n) is 6.20. The van der Waals surface area contributed by atoms with Crippen molar-refractivity contribution < 1.29 is 4.79 Å². The Labute approximate surface area is 131 Å². The van der Waals surface area contributed by atoms with Crippen molar-refractivity contribution in [3.8, 4) is 0 Å². The van der Waals surface area contributed by atoms with Crippen molar-refractivity contribution >= 4 is 17.7 Å². The minimum Gasteiger partial charge on any atom is -0.342 e. The van der Waals surface area contributed by atoms with Gasteiger partial charge in [-0.3, -0.25) is 4.79 Å². The number of nitrogens with zero attached hydrogens (tertiary/aromatic N) is 1. The van der Waals surface area contributed by atoms with Crippen molar-refractivity contribution in [2.45, 2.75) is 42.5 Å². The second kappa shape index (κ2) is 6.41. The average Bonchev–Trinajstić information content (AvgIpc) is 2.97. The smallest absolute Gasteiger partial charge is 0.231 e. The molecular formula is C17H24N2OS. The lowest BCUT2D eigenvalue weighted by molar-refractivity contribution is -0.134. The molecule has 1 aromatic rings. The Morgan fingerprint density at radius 3 is 2.90 bits per heavy atom. The minimum absolute atomic E-state index is 0.0246. The van der Waals surface area contributed by atoms with Gasteiger partial charge in [-0.25, -0.2) is 0 Å². The number of thioether (sulfide) groups is 1. The highest BCUT2D eigenvalue weighted by Gasteiger charge is 2.36. The highest BCUT2D eigenvalue weighted by Crippen LogP contribution is 2.41. The van der Waals surface area contributed by atoms with Gasteiger partial charge in [0, 0.05) is 23.7 Å². The molecule has 1 amide bonds. The zero-order chi connectivity index (χ0) is 14.8. The van der Waals surface area contributed by atoms with Crippen LogP contribution in [-0.2, 0) is 4.79 Å². The molecule has 3 nitrogen and oxygen atoms in total. The van der Waals surface area contributed by atoms with Crippen LogP contribution in [0.15, 0.2) is 29.2 Å². The Balaban J connectivity index is 1.76. The van der Waals surface area contributed by atoms with Gasteiger partial charge in [-0.1, -0.05) is 31.0 Å². The third-order valence-corrected chi connectivity index (χ3v) is 6.20. The molecule has 114 valence electrons. The molecule has 1 saturated carbocycles. The first kappa shape index (κ1) is 14.9. The van der Waals surface area contributed by atoms with E-state index in [1.165, 1.54) is 23.3 Å². The number of rotatable bonds is 3. The van der Waals surface area contributed by atoms with Crippen LogP contribution >= 0.6 is 11.8 Å². The van der Waals surface area contributed by atoms with Gasteiger partial charge in [-0.15, -0.1) is 11.8 Å². The maximum atomic E-state index is 12.9. The van der Waals surface area contributed by atoms with Crippen molar-refractivity contribution in [2.24, 2.45) is 11.7 Å². The summed E-state index contributed by atoms with van der Waals surface area (Å²) in [5, 5.41) is 0. The zero-order valence-electron chi connectivity index (χ0n) is 12.6. The lowest BCUT2D eigenvalue weighted by Crippen LogP contribution is -2.47. The number of benzene rings is 1. The van der Waals surface area contributed by atoms with E-state index in [0.29, 0.717) is 18.5 Å². The Morgan fingerprint density at radius 2 is 2.10 bits per heavy atom. The normalized spacial score (nSPS) is 28.2. The van der Waals surface area contributed by atoms with Crippen molar-refractivity contribution in [2.75, 3.05) is 19.3 Å². The number of hydrogen-bond donors (Lipinski definition) is 1. The molecule has 0 spiro atoms. The number of amides is 1. The largest absolute Gasteiger partial charge is 0.342 e. The summed E-state index contributed by atoms with van der Waals surface area (Å²) in [4.78, 5) is 16.2. The highest BCUT2D eigenvalue weighted by atomic mass is 32.2. The van der Waals surface area contributed by atoms with Crippen LogP contribution in [0.2, 0.25) is 0 Å². The minimum atomic E-state index is 0.0246. The molecule has 3 rings (SSSR count). The third-order valence-electron chi connectivity index (χ3n) is 5.01. The van der Waals surface area contributed by atoms with Gasteiger partial charge in [-0.2, -0.15) is 0 Å². The molecule has 2 aliphatic rings. The first-order valence-corrected chi connectivity index (χ1v) is 8.89. The fourth-order valence-corrected chi connectivity index (χ4v) is 4.97. The van der Waals surface area contributed by atoms with E-state index in [4.69, 9.17) is 5.73 Å². The van der Waals surface area contributed by atoms with E-state index in [-0.39, 0.29) is 11.8 Å². The third kappa shape index (κ3) is 2.84. The summed E-state index contributed by atoms with van der Waals surface area (Å²) in [5.41, 5.74) is 7.13. The van der Waals surface area contributed by atoms with Crippen LogP contribution in [-0.4, -0.2) is 36.2 Å². The van der Waals surface area contributed by atoms with Crippen molar-refractivity contribution in [3.63, 3.8) is 0 Å². The fourth-order valence-electron chi connectivity index (χ4n) is 3.75. The highest BCUT2D eigenvalue weighted by molar-refractivity contribution is 7.99. The molecule has 1 aromatic carbocycles. The quantitative estimate of drug-likeness (QED) is 0.934. The van der Waals surface area contributed by atoms with E-state index >= 15 is 0 Å². The maximum absolute atomic E-state index is 12.9. The molecule has 1 heterocycles. The predicted octanol–water partition coefficient (Wildman–Crippen LogP) is 2.85. The summed E-state index contributed by atoms with van der Waals surface area (Å²) >= 11 is 1.80. The molecule has 0 aromatic heterocycles. The van der Waals surface area contributed by atoms with Crippen molar-refractivity contribution in [3.05, 3.63) is 29.8 Å². The SMILES string of the molecule is CN(C(=O)C1CSc2ccccc21)C1CCCCC1CN. The molecule has 21 heavy (non-hydrogen) atoms. The monoisotopic (exact) mass is 304 g/mol. The molecule has 0 radical (unpaired) electrons. The Hall–Kier alpha value is -1.00. The van der Waals surface area contributed by atoms with E-state index in [2.05, 4.69) is 12.1 Å². The van der Waals surface area contributed by atoms with E-state index in [0.717, 1.165) is 18.6 Å². The van der Waals surface area contributed by atoms with Crippen LogP contribution in [0.25, 0.3) is 0 Å². The van der Waals surface area contributed by atoms with Gasteiger partial charge in [-0.05, 0) is 36.9 Å². The van der Waals surface area contributed by atoms with E-state index in [1.54, 1.807) is 11.8 Å². The average molecular weight is 304 g/mol. The predicted molar refractivity (Wildman–Crippen MR) is 87.5 cm³/mol. The van der Waals surface area contributed by atoms with Gasteiger partial charge in [0.25, 0.3) is 0 Å². The number of hydrogen-bond acceptors (Lipinski definition) is 3. The Morgan fingerprint density at radius 1 is 1.33 bits per heavy atom. The standard InChI is InChI=1S/C17H24N2OS/c1-19(15-8-4-2-6-12(15)10-18)17(20)14-11-21-16-9-5-3-7-13(14)16/h3,5,7,9,12,14-15H,2,4,6,8,10-11,18H2,1H3. The topological polar surface area (TPSA) is 46.3 Å². The summed E-state index contributed by atoms with van der Waals surface area (Å²) in [6, 6.07) is 8.64. The summed E-state index contributed by atoms with van der Waals surface area (Å²) in [5.74, 6) is 1.65. The van der Waals surface area contributed by atoms with Crippen LogP contribution in [0.4, 0.5) is 0 Å². The van der Waals surface area contributed by atoms with Crippen molar-refractivity contribution in [1.82, 2.24) is 4.90 Å². The number of carbonyl (C=O) groups is 1. The summed E-state index contributed by atoms with van der Waals surface area (Å²) in [6.07, 6.45) is 4.73. The molecule has 0 saturated heterocycles. The molecule has 1 aliphatic heterocycles. The maximum Gasteiger partial charge on any atom is 0.231 e. The van der Waals surface area contributed by atoms with Gasteiger partial charge in [0.05, 0.1) is 5.92 Å². The number of nitrogens with two attached hydrogens (primary N) is 1. The summed E-state index contributed by atoms with van der Waals surface area (Å²) < 4.78 is 0. The van der Waals surface area contributed by atoms with Gasteiger partial charge in [0.1, 0.15) is 0 Å². The molecule has 1 fully saturated rings. The van der Waals surface area contributed by atoms with Gasteiger partial charge in [0.2, 0.25) is 5.91 Å². The lowest BCUT2D eigenvalue weighted by atomic mass is 9.83. The number of carbonyl (C=O) groups excluding carboxylic acids is 1. The summed E-state index contributed by atoms with van der Waals surface area (Å²) in [6.45, 7) is 0.693. The second-order valence-corrected chi connectivity index (χ2v) is 7.26. The molecule has 2 N–H and O–H groups in total. The molecule has 4 heteroatoms. The van der Waals surface area contributed by atoms with Gasteiger partial charge >= 0.3 is 0 Å². The molecule has 1 aliphatic carbocycles. The first-order chi connectivity index (χ1) is 10.2. The fraction of sp³-hybridized carbons (Fsp3) is 0.588. The Kier molecular flexibility index (Phi) is 4.55. The number of likely N-dealkylation sites (N-methyl/N-ethyl adjacent to an activating group) is 1. The van der Waals surface area contributed by atoms with Crippen LogP contribution in [0.1, 0.15) is 37.2 Å².